The fraction of sp³-hybridized carbons (Fsp3) is 0.0909. The maximum absolute atomic E-state index is 11.9. The Balaban J connectivity index is 2.85. The Labute approximate surface area is 104 Å². The molecule has 0 aliphatic heterocycles. The minimum atomic E-state index is -1.25. The SMILES string of the molecule is COc1cc2c(=O)c(C(=O)O)c[nH]c2cc1Br. The summed E-state index contributed by atoms with van der Waals surface area (Å²) in [5, 5.41) is 9.13. The molecule has 1 aromatic heterocycles. The number of nitrogens with one attached hydrogen (secondary N) is 1. The Kier molecular flexibility index (Phi) is 2.89. The minimum Gasteiger partial charge on any atom is -0.496 e. The molecule has 1 heterocycles. The van der Waals surface area contributed by atoms with Gasteiger partial charge >= 0.3 is 5.97 Å². The summed E-state index contributed by atoms with van der Waals surface area (Å²) in [6, 6.07) is 3.17. The summed E-state index contributed by atoms with van der Waals surface area (Å²) in [6.45, 7) is 0. The summed E-state index contributed by atoms with van der Waals surface area (Å²) in [4.78, 5) is 25.5. The van der Waals surface area contributed by atoms with Crippen LogP contribution in [0.5, 0.6) is 5.75 Å². The number of fused-ring (bicyclic) bond motifs is 1. The van der Waals surface area contributed by atoms with Crippen LogP contribution in [0.4, 0.5) is 0 Å². The quantitative estimate of drug-likeness (QED) is 0.888. The van der Waals surface area contributed by atoms with Gasteiger partial charge in [0, 0.05) is 6.20 Å². The van der Waals surface area contributed by atoms with Crippen molar-refractivity contribution in [1.82, 2.24) is 4.98 Å². The van der Waals surface area contributed by atoms with Crippen LogP contribution >= 0.6 is 15.9 Å². The normalized spacial score (nSPS) is 10.5. The molecule has 0 unspecified atom stereocenters. The highest BCUT2D eigenvalue weighted by molar-refractivity contribution is 9.10. The van der Waals surface area contributed by atoms with Crippen LogP contribution in [0.25, 0.3) is 10.9 Å². The van der Waals surface area contributed by atoms with Gasteiger partial charge in [-0.25, -0.2) is 4.79 Å². The van der Waals surface area contributed by atoms with Crippen molar-refractivity contribution < 1.29 is 14.6 Å². The zero-order valence-electron chi connectivity index (χ0n) is 8.78. The van der Waals surface area contributed by atoms with Gasteiger partial charge < -0.3 is 14.8 Å². The lowest BCUT2D eigenvalue weighted by atomic mass is 10.1. The molecular formula is C11H8BrNO4. The van der Waals surface area contributed by atoms with Crippen LogP contribution in [0.15, 0.2) is 27.6 Å². The summed E-state index contributed by atoms with van der Waals surface area (Å²) >= 11 is 3.29. The van der Waals surface area contributed by atoms with E-state index in [2.05, 4.69) is 20.9 Å². The van der Waals surface area contributed by atoms with Crippen molar-refractivity contribution in [3.05, 3.63) is 38.6 Å². The Morgan fingerprint density at radius 1 is 1.47 bits per heavy atom. The number of hydrogen-bond donors (Lipinski definition) is 2. The third-order valence-electron chi connectivity index (χ3n) is 2.38. The van der Waals surface area contributed by atoms with Crippen molar-refractivity contribution in [1.29, 1.82) is 0 Å². The zero-order valence-corrected chi connectivity index (χ0v) is 10.4. The van der Waals surface area contributed by atoms with Gasteiger partial charge in [-0.1, -0.05) is 0 Å². The first kappa shape index (κ1) is 11.7. The molecule has 0 amide bonds. The number of methoxy groups -OCH3 is 1. The lowest BCUT2D eigenvalue weighted by molar-refractivity contribution is 0.0695. The van der Waals surface area contributed by atoms with Gasteiger partial charge in [0.25, 0.3) is 0 Å². The molecule has 2 N–H and O–H groups in total. The first-order valence-corrected chi connectivity index (χ1v) is 5.46. The van der Waals surface area contributed by atoms with Gasteiger partial charge in [0.1, 0.15) is 11.3 Å². The van der Waals surface area contributed by atoms with Gasteiger partial charge in [-0.2, -0.15) is 0 Å². The Bertz CT molecular complexity index is 662. The van der Waals surface area contributed by atoms with Crippen LogP contribution in [0.1, 0.15) is 10.4 Å². The van der Waals surface area contributed by atoms with E-state index in [-0.39, 0.29) is 10.9 Å². The molecule has 0 saturated carbocycles. The largest absolute Gasteiger partial charge is 0.496 e. The number of hydrogen-bond acceptors (Lipinski definition) is 3. The van der Waals surface area contributed by atoms with E-state index in [9.17, 15) is 9.59 Å². The minimum absolute atomic E-state index is 0.282. The smallest absolute Gasteiger partial charge is 0.341 e. The first-order valence-electron chi connectivity index (χ1n) is 4.67. The zero-order chi connectivity index (χ0) is 12.6. The molecule has 0 fully saturated rings. The second-order valence-corrected chi connectivity index (χ2v) is 4.22. The van der Waals surface area contributed by atoms with E-state index in [1.165, 1.54) is 19.4 Å². The summed E-state index contributed by atoms with van der Waals surface area (Å²) in [5.74, 6) is -0.777. The molecule has 0 atom stereocenters. The number of carboxylic acid groups (broad SMARTS) is 1. The van der Waals surface area contributed by atoms with Crippen LogP contribution in [-0.4, -0.2) is 23.2 Å². The standard InChI is InChI=1S/C11H8BrNO4/c1-17-9-2-5-8(3-7(9)12)13-4-6(10(5)14)11(15)16/h2-4H,1H3,(H,13,14)(H,15,16). The molecule has 1 aromatic carbocycles. The third-order valence-corrected chi connectivity index (χ3v) is 3.00. The maximum Gasteiger partial charge on any atom is 0.341 e. The number of carbonyl (C=O) groups is 1. The van der Waals surface area contributed by atoms with E-state index >= 15 is 0 Å². The summed E-state index contributed by atoms with van der Waals surface area (Å²) < 4.78 is 5.75. The average molecular weight is 298 g/mol. The molecule has 0 bridgehead atoms. The Hall–Kier alpha value is -1.82. The number of ether oxygens (including phenoxy) is 1. The van der Waals surface area contributed by atoms with E-state index in [1.54, 1.807) is 6.07 Å². The first-order chi connectivity index (χ1) is 8.04. The maximum atomic E-state index is 11.9. The number of halogens is 1. The predicted molar refractivity (Wildman–Crippen MR) is 65.8 cm³/mol. The molecule has 6 heteroatoms. The average Bonchev–Trinajstić information content (AvgIpc) is 2.28. The number of carboxylic acids is 1. The molecular weight excluding hydrogens is 290 g/mol. The lowest BCUT2D eigenvalue weighted by Gasteiger charge is -2.05. The number of aromatic amines is 1. The molecule has 2 aromatic rings. The van der Waals surface area contributed by atoms with Crippen molar-refractivity contribution in [2.75, 3.05) is 7.11 Å². The second-order valence-electron chi connectivity index (χ2n) is 3.37. The Morgan fingerprint density at radius 2 is 2.18 bits per heavy atom. The molecule has 5 nitrogen and oxygen atoms in total. The van der Waals surface area contributed by atoms with E-state index < -0.39 is 11.4 Å². The van der Waals surface area contributed by atoms with E-state index in [1.807, 2.05) is 0 Å². The Morgan fingerprint density at radius 3 is 2.76 bits per heavy atom. The van der Waals surface area contributed by atoms with Gasteiger partial charge in [-0.15, -0.1) is 0 Å². The summed E-state index contributed by atoms with van der Waals surface area (Å²) in [7, 11) is 1.47. The van der Waals surface area contributed by atoms with E-state index in [4.69, 9.17) is 9.84 Å². The molecule has 0 aliphatic rings. The van der Waals surface area contributed by atoms with Gasteiger partial charge in [-0.05, 0) is 28.1 Å². The summed E-state index contributed by atoms with van der Waals surface area (Å²) in [6.07, 6.45) is 1.19. The fourth-order valence-corrected chi connectivity index (χ4v) is 2.04. The van der Waals surface area contributed by atoms with Crippen LogP contribution < -0.4 is 10.2 Å². The molecule has 0 radical (unpaired) electrons. The number of aromatic carboxylic acids is 1. The highest BCUT2D eigenvalue weighted by Crippen LogP contribution is 2.28. The van der Waals surface area contributed by atoms with Crippen LogP contribution in [-0.2, 0) is 0 Å². The number of benzene rings is 1. The highest BCUT2D eigenvalue weighted by Gasteiger charge is 2.13. The lowest BCUT2D eigenvalue weighted by Crippen LogP contribution is -2.15. The molecule has 88 valence electrons. The van der Waals surface area contributed by atoms with Gasteiger partial charge in [0.2, 0.25) is 5.43 Å². The monoisotopic (exact) mass is 297 g/mol. The molecule has 2 rings (SSSR count). The number of rotatable bonds is 2. The van der Waals surface area contributed by atoms with Gasteiger partial charge in [0.05, 0.1) is 22.5 Å². The molecule has 0 spiro atoms. The number of H-pyrrole nitrogens is 1. The molecule has 0 aliphatic carbocycles. The highest BCUT2D eigenvalue weighted by atomic mass is 79.9. The second kappa shape index (κ2) is 4.21. The summed E-state index contributed by atoms with van der Waals surface area (Å²) in [5.41, 5.74) is -0.272. The van der Waals surface area contributed by atoms with Crippen molar-refractivity contribution in [3.8, 4) is 5.75 Å². The van der Waals surface area contributed by atoms with Crippen LogP contribution in [0.2, 0.25) is 0 Å². The van der Waals surface area contributed by atoms with Gasteiger partial charge in [0.15, 0.2) is 0 Å². The van der Waals surface area contributed by atoms with Crippen molar-refractivity contribution >= 4 is 32.8 Å². The topological polar surface area (TPSA) is 79.4 Å². The number of pyridine rings is 1. The van der Waals surface area contributed by atoms with Crippen LogP contribution in [0, 0.1) is 0 Å². The predicted octanol–water partition coefficient (Wildman–Crippen LogP) is 2.00. The van der Waals surface area contributed by atoms with Crippen LogP contribution in [0.3, 0.4) is 0 Å². The van der Waals surface area contributed by atoms with Gasteiger partial charge in [-0.3, -0.25) is 4.79 Å². The van der Waals surface area contributed by atoms with Crippen molar-refractivity contribution in [2.45, 2.75) is 0 Å². The fourth-order valence-electron chi connectivity index (χ4n) is 1.54. The van der Waals surface area contributed by atoms with Crippen molar-refractivity contribution in [2.24, 2.45) is 0 Å². The molecule has 0 saturated heterocycles. The van der Waals surface area contributed by atoms with Crippen molar-refractivity contribution in [3.63, 3.8) is 0 Å². The third kappa shape index (κ3) is 1.91. The van der Waals surface area contributed by atoms with E-state index in [0.717, 1.165) is 0 Å². The van der Waals surface area contributed by atoms with E-state index in [0.29, 0.717) is 15.7 Å². The molecule has 17 heavy (non-hydrogen) atoms. The number of aromatic nitrogens is 1.